The van der Waals surface area contributed by atoms with Crippen LogP contribution < -0.4 is 10.7 Å². The Morgan fingerprint density at radius 2 is 2.00 bits per heavy atom. The first-order chi connectivity index (χ1) is 13.2. The number of rotatable bonds is 5. The number of allylic oxidation sites excluding steroid dienone is 2. The van der Waals surface area contributed by atoms with E-state index in [4.69, 9.17) is 28.6 Å². The Morgan fingerprint density at radius 3 is 2.70 bits per heavy atom. The van der Waals surface area contributed by atoms with Gasteiger partial charge in [0.05, 0.1) is 19.4 Å². The number of thiocarbonyl (C=S) groups is 1. The molecule has 0 aromatic heterocycles. The molecule has 1 aliphatic carbocycles. The Morgan fingerprint density at radius 1 is 1.26 bits per heavy atom. The number of hydrazone groups is 1. The number of benzene rings is 1. The van der Waals surface area contributed by atoms with Crippen LogP contribution >= 0.6 is 23.8 Å². The van der Waals surface area contributed by atoms with Crippen LogP contribution in [0.1, 0.15) is 25.3 Å². The second-order valence-corrected chi connectivity index (χ2v) is 7.27. The van der Waals surface area contributed by atoms with Crippen LogP contribution in [0.15, 0.2) is 46.2 Å². The number of nitrogens with one attached hydrogen (secondary N) is 2. The smallest absolute Gasteiger partial charge is 0.186 e. The third-order valence-electron chi connectivity index (χ3n) is 4.53. The van der Waals surface area contributed by atoms with Gasteiger partial charge in [-0.15, -0.1) is 0 Å². The van der Waals surface area contributed by atoms with E-state index in [1.807, 2.05) is 25.3 Å². The highest BCUT2D eigenvalue weighted by Crippen LogP contribution is 2.35. The maximum Gasteiger partial charge on any atom is 0.186 e. The molecular formula is C20H25ClN4OS. The SMILES string of the molecule is CCNC(=S)N/N=C/C1=C(N2CCOCC2)C(=C/c2ccc(Cl)cc2)/CC1. The monoisotopic (exact) mass is 404 g/mol. The van der Waals surface area contributed by atoms with E-state index in [9.17, 15) is 0 Å². The Bertz CT molecular complexity index is 752. The van der Waals surface area contributed by atoms with Crippen LogP contribution in [0.5, 0.6) is 0 Å². The normalized spacial score (nSPS) is 19.2. The summed E-state index contributed by atoms with van der Waals surface area (Å²) in [5, 5.41) is 8.66. The van der Waals surface area contributed by atoms with Crippen molar-refractivity contribution in [1.82, 2.24) is 15.6 Å². The first kappa shape index (κ1) is 19.9. The van der Waals surface area contributed by atoms with E-state index in [0.717, 1.165) is 56.3 Å². The zero-order chi connectivity index (χ0) is 19.1. The predicted molar refractivity (Wildman–Crippen MR) is 116 cm³/mol. The van der Waals surface area contributed by atoms with Gasteiger partial charge in [0, 0.05) is 30.4 Å². The van der Waals surface area contributed by atoms with E-state index in [1.165, 1.54) is 16.8 Å². The molecule has 0 spiro atoms. The van der Waals surface area contributed by atoms with Crippen LogP contribution in [0.3, 0.4) is 0 Å². The summed E-state index contributed by atoms with van der Waals surface area (Å²) < 4.78 is 5.53. The van der Waals surface area contributed by atoms with Crippen molar-refractivity contribution in [3.05, 3.63) is 51.7 Å². The molecule has 0 amide bonds. The van der Waals surface area contributed by atoms with Crippen LogP contribution in [-0.4, -0.2) is 49.1 Å². The second-order valence-electron chi connectivity index (χ2n) is 6.42. The lowest BCUT2D eigenvalue weighted by molar-refractivity contribution is 0.0548. The minimum atomic E-state index is 0.539. The topological polar surface area (TPSA) is 48.9 Å². The molecule has 7 heteroatoms. The molecule has 27 heavy (non-hydrogen) atoms. The zero-order valence-corrected chi connectivity index (χ0v) is 17.1. The van der Waals surface area contributed by atoms with Gasteiger partial charge in [0.2, 0.25) is 0 Å². The summed E-state index contributed by atoms with van der Waals surface area (Å²) in [7, 11) is 0. The van der Waals surface area contributed by atoms with Gasteiger partial charge >= 0.3 is 0 Å². The fourth-order valence-corrected chi connectivity index (χ4v) is 3.62. The summed E-state index contributed by atoms with van der Waals surface area (Å²) in [6, 6.07) is 7.95. The Kier molecular flexibility index (Phi) is 7.26. The quantitative estimate of drug-likeness (QED) is 0.446. The van der Waals surface area contributed by atoms with Crippen LogP contribution in [0.2, 0.25) is 5.02 Å². The van der Waals surface area contributed by atoms with Crippen molar-refractivity contribution in [2.45, 2.75) is 19.8 Å². The standard InChI is InChI=1S/C20H25ClN4OS/c1-2-22-20(27)24-23-14-17-6-5-16(13-15-3-7-18(21)8-4-15)19(17)25-9-11-26-12-10-25/h3-4,7-8,13-14H,2,5-6,9-12H2,1H3,(H2,22,24,27)/b16-13+,23-14+. The molecule has 1 aromatic carbocycles. The average molecular weight is 405 g/mol. The van der Waals surface area contributed by atoms with Crippen molar-refractivity contribution in [3.8, 4) is 0 Å². The number of halogens is 1. The Balaban J connectivity index is 1.84. The van der Waals surface area contributed by atoms with Gasteiger partial charge in [-0.3, -0.25) is 5.43 Å². The first-order valence-electron chi connectivity index (χ1n) is 9.26. The lowest BCUT2D eigenvalue weighted by atomic mass is 10.1. The molecule has 2 N–H and O–H groups in total. The minimum Gasteiger partial charge on any atom is -0.378 e. The predicted octanol–water partition coefficient (Wildman–Crippen LogP) is 3.57. The van der Waals surface area contributed by atoms with Crippen LogP contribution in [0, 0.1) is 0 Å². The number of hydrogen-bond donors (Lipinski definition) is 2. The molecule has 0 atom stereocenters. The molecule has 0 radical (unpaired) electrons. The summed E-state index contributed by atoms with van der Waals surface area (Å²) in [4.78, 5) is 2.40. The van der Waals surface area contributed by atoms with Crippen molar-refractivity contribution < 1.29 is 4.74 Å². The van der Waals surface area contributed by atoms with Crippen LogP contribution in [0.25, 0.3) is 6.08 Å². The fourth-order valence-electron chi connectivity index (χ4n) is 3.30. The van der Waals surface area contributed by atoms with Crippen molar-refractivity contribution >= 4 is 41.2 Å². The maximum absolute atomic E-state index is 6.01. The fraction of sp³-hybridized carbons (Fsp3) is 0.400. The van der Waals surface area contributed by atoms with Crippen LogP contribution in [0.4, 0.5) is 0 Å². The Labute approximate surface area is 171 Å². The van der Waals surface area contributed by atoms with Gasteiger partial charge in [-0.2, -0.15) is 5.10 Å². The van der Waals surface area contributed by atoms with Crippen molar-refractivity contribution in [2.24, 2.45) is 5.10 Å². The van der Waals surface area contributed by atoms with E-state index in [-0.39, 0.29) is 0 Å². The van der Waals surface area contributed by atoms with Gasteiger partial charge < -0.3 is 15.0 Å². The lowest BCUT2D eigenvalue weighted by Crippen LogP contribution is -2.36. The van der Waals surface area contributed by atoms with Gasteiger partial charge in [0.25, 0.3) is 0 Å². The lowest BCUT2D eigenvalue weighted by Gasteiger charge is -2.31. The largest absolute Gasteiger partial charge is 0.378 e. The highest BCUT2D eigenvalue weighted by Gasteiger charge is 2.25. The molecule has 1 aromatic rings. The number of nitrogens with zero attached hydrogens (tertiary/aromatic N) is 2. The minimum absolute atomic E-state index is 0.539. The molecule has 0 unspecified atom stereocenters. The average Bonchev–Trinajstić information content (AvgIpc) is 3.07. The molecule has 1 aliphatic heterocycles. The molecule has 1 fully saturated rings. The number of hydrogen-bond acceptors (Lipinski definition) is 4. The molecule has 144 valence electrons. The summed E-state index contributed by atoms with van der Waals surface area (Å²) in [6.07, 6.45) is 6.11. The van der Waals surface area contributed by atoms with Crippen molar-refractivity contribution in [3.63, 3.8) is 0 Å². The van der Waals surface area contributed by atoms with E-state index in [0.29, 0.717) is 5.11 Å². The highest BCUT2D eigenvalue weighted by molar-refractivity contribution is 7.80. The van der Waals surface area contributed by atoms with Gasteiger partial charge in [-0.1, -0.05) is 23.7 Å². The number of morpholine rings is 1. The highest BCUT2D eigenvalue weighted by atomic mass is 35.5. The van der Waals surface area contributed by atoms with E-state index < -0.39 is 0 Å². The van der Waals surface area contributed by atoms with E-state index >= 15 is 0 Å². The third kappa shape index (κ3) is 5.54. The summed E-state index contributed by atoms with van der Waals surface area (Å²) in [5.74, 6) is 0. The molecular weight excluding hydrogens is 380 g/mol. The molecule has 1 saturated heterocycles. The van der Waals surface area contributed by atoms with Gasteiger partial charge in [0.15, 0.2) is 5.11 Å². The molecule has 3 rings (SSSR count). The van der Waals surface area contributed by atoms with Gasteiger partial charge in [-0.25, -0.2) is 0 Å². The first-order valence-corrected chi connectivity index (χ1v) is 10.0. The van der Waals surface area contributed by atoms with Crippen LogP contribution in [-0.2, 0) is 4.74 Å². The maximum atomic E-state index is 6.01. The second kappa shape index (κ2) is 9.88. The van der Waals surface area contributed by atoms with E-state index in [2.05, 4.69) is 39.0 Å². The molecule has 2 aliphatic rings. The summed E-state index contributed by atoms with van der Waals surface area (Å²) >= 11 is 11.2. The van der Waals surface area contributed by atoms with Crippen molar-refractivity contribution in [1.29, 1.82) is 0 Å². The van der Waals surface area contributed by atoms with Gasteiger partial charge in [0.1, 0.15) is 0 Å². The van der Waals surface area contributed by atoms with Gasteiger partial charge in [-0.05, 0) is 66.9 Å². The number of ether oxygens (including phenoxy) is 1. The molecule has 0 bridgehead atoms. The summed E-state index contributed by atoms with van der Waals surface area (Å²) in [5.41, 5.74) is 7.87. The van der Waals surface area contributed by atoms with E-state index in [1.54, 1.807) is 0 Å². The van der Waals surface area contributed by atoms with Crippen molar-refractivity contribution in [2.75, 3.05) is 32.8 Å². The molecule has 1 heterocycles. The third-order valence-corrected chi connectivity index (χ3v) is 5.02. The Hall–Kier alpha value is -1.89. The zero-order valence-electron chi connectivity index (χ0n) is 15.5. The summed E-state index contributed by atoms with van der Waals surface area (Å²) in [6.45, 7) is 6.08. The molecule has 0 saturated carbocycles. The molecule has 5 nitrogen and oxygen atoms in total.